The Morgan fingerprint density at radius 1 is 1.50 bits per heavy atom. The molecule has 1 aromatic carbocycles. The Morgan fingerprint density at radius 2 is 2.25 bits per heavy atom. The molecule has 4 heteroatoms. The molecule has 0 radical (unpaired) electrons. The molecule has 1 unspecified atom stereocenters. The molecule has 0 aliphatic carbocycles. The lowest BCUT2D eigenvalue weighted by molar-refractivity contribution is 0.547. The average Bonchev–Trinajstić information content (AvgIpc) is 2.31. The third kappa shape index (κ3) is 4.58. The van der Waals surface area contributed by atoms with Crippen molar-refractivity contribution < 1.29 is 0 Å². The van der Waals surface area contributed by atoms with Gasteiger partial charge in [0.25, 0.3) is 0 Å². The van der Waals surface area contributed by atoms with Gasteiger partial charge in [-0.15, -0.1) is 24.1 Å². The first-order valence-corrected chi connectivity index (χ1v) is 6.82. The second-order valence-corrected chi connectivity index (χ2v) is 5.26. The Kier molecular flexibility index (Phi) is 6.58. The Hall–Kier alpha value is -0.470. The lowest BCUT2D eigenvalue weighted by Crippen LogP contribution is -2.36. The quantitative estimate of drug-likeness (QED) is 0.367. The Bertz CT molecular complexity index is 362. The van der Waals surface area contributed by atoms with Crippen molar-refractivity contribution in [3.05, 3.63) is 28.7 Å². The molecular weight excluding hydrogens is 284 g/mol. The van der Waals surface area contributed by atoms with E-state index in [-0.39, 0.29) is 6.04 Å². The van der Waals surface area contributed by atoms with E-state index in [1.807, 2.05) is 18.2 Å². The van der Waals surface area contributed by atoms with Crippen molar-refractivity contribution >= 4 is 27.7 Å². The molecule has 0 saturated heterocycles. The van der Waals surface area contributed by atoms with Gasteiger partial charge in [-0.1, -0.05) is 12.1 Å². The molecule has 1 aromatic rings. The second-order valence-electron chi connectivity index (χ2n) is 3.35. The average molecular weight is 299 g/mol. The van der Waals surface area contributed by atoms with Gasteiger partial charge in [0.05, 0.1) is 0 Å². The molecule has 1 atom stereocenters. The largest absolute Gasteiger partial charge is 0.271 e. The predicted octanol–water partition coefficient (Wildman–Crippen LogP) is 2.79. The van der Waals surface area contributed by atoms with Gasteiger partial charge in [0.1, 0.15) is 0 Å². The van der Waals surface area contributed by atoms with Crippen molar-refractivity contribution in [3.8, 4) is 12.3 Å². The van der Waals surface area contributed by atoms with E-state index in [1.54, 1.807) is 11.8 Å². The molecule has 2 nitrogen and oxygen atoms in total. The van der Waals surface area contributed by atoms with Gasteiger partial charge in [0, 0.05) is 27.6 Å². The number of terminal acetylenes is 1. The van der Waals surface area contributed by atoms with Crippen LogP contribution in [0.4, 0.5) is 0 Å². The molecule has 0 spiro atoms. The molecular formula is C12H15BrN2S. The predicted molar refractivity (Wildman–Crippen MR) is 74.0 cm³/mol. The summed E-state index contributed by atoms with van der Waals surface area (Å²) in [7, 11) is 0. The van der Waals surface area contributed by atoms with Crippen LogP contribution in [0, 0.1) is 12.3 Å². The SMILES string of the molecule is C#CCCC(CSc1ccccc1Br)NN. The summed E-state index contributed by atoms with van der Waals surface area (Å²) in [5.41, 5.74) is 2.79. The van der Waals surface area contributed by atoms with Gasteiger partial charge in [-0.25, -0.2) is 0 Å². The number of hydrogen-bond donors (Lipinski definition) is 2. The Balaban J connectivity index is 2.44. The van der Waals surface area contributed by atoms with E-state index in [4.69, 9.17) is 12.3 Å². The number of nitrogens with two attached hydrogens (primary N) is 1. The monoisotopic (exact) mass is 298 g/mol. The number of rotatable bonds is 6. The van der Waals surface area contributed by atoms with Crippen molar-refractivity contribution in [1.29, 1.82) is 0 Å². The summed E-state index contributed by atoms with van der Waals surface area (Å²) in [6.07, 6.45) is 6.89. The summed E-state index contributed by atoms with van der Waals surface area (Å²) in [5.74, 6) is 9.02. The molecule has 0 amide bonds. The third-order valence-corrected chi connectivity index (χ3v) is 4.34. The van der Waals surface area contributed by atoms with E-state index >= 15 is 0 Å². The summed E-state index contributed by atoms with van der Waals surface area (Å²) in [6.45, 7) is 0. The minimum Gasteiger partial charge on any atom is -0.271 e. The van der Waals surface area contributed by atoms with Crippen LogP contribution in [0.15, 0.2) is 33.6 Å². The minimum absolute atomic E-state index is 0.258. The van der Waals surface area contributed by atoms with Crippen LogP contribution in [0.1, 0.15) is 12.8 Å². The number of nitrogens with one attached hydrogen (secondary N) is 1. The summed E-state index contributed by atoms with van der Waals surface area (Å²) >= 11 is 5.29. The topological polar surface area (TPSA) is 38.0 Å². The highest BCUT2D eigenvalue weighted by Crippen LogP contribution is 2.27. The van der Waals surface area contributed by atoms with E-state index in [2.05, 4.69) is 33.3 Å². The van der Waals surface area contributed by atoms with Crippen molar-refractivity contribution in [3.63, 3.8) is 0 Å². The number of hydrazine groups is 1. The molecule has 0 aliphatic rings. The molecule has 1 rings (SSSR count). The zero-order valence-electron chi connectivity index (χ0n) is 8.95. The van der Waals surface area contributed by atoms with Crippen molar-refractivity contribution in [2.45, 2.75) is 23.8 Å². The van der Waals surface area contributed by atoms with Gasteiger partial charge < -0.3 is 0 Å². The smallest absolute Gasteiger partial charge is 0.0313 e. The van der Waals surface area contributed by atoms with Gasteiger partial charge >= 0.3 is 0 Å². The zero-order valence-corrected chi connectivity index (χ0v) is 11.4. The van der Waals surface area contributed by atoms with Crippen molar-refractivity contribution in [2.75, 3.05) is 5.75 Å². The summed E-state index contributed by atoms with van der Waals surface area (Å²) in [6, 6.07) is 8.41. The highest BCUT2D eigenvalue weighted by molar-refractivity contribution is 9.10. The van der Waals surface area contributed by atoms with E-state index in [9.17, 15) is 0 Å². The highest BCUT2D eigenvalue weighted by atomic mass is 79.9. The molecule has 3 N–H and O–H groups in total. The van der Waals surface area contributed by atoms with Crippen LogP contribution in [-0.4, -0.2) is 11.8 Å². The van der Waals surface area contributed by atoms with Crippen LogP contribution < -0.4 is 11.3 Å². The van der Waals surface area contributed by atoms with E-state index in [0.717, 1.165) is 23.1 Å². The Labute approximate surface area is 109 Å². The maximum absolute atomic E-state index is 5.47. The maximum Gasteiger partial charge on any atom is 0.0313 e. The lowest BCUT2D eigenvalue weighted by Gasteiger charge is -2.14. The van der Waals surface area contributed by atoms with E-state index in [1.165, 1.54) is 4.90 Å². The first-order chi connectivity index (χ1) is 7.77. The van der Waals surface area contributed by atoms with Crippen molar-refractivity contribution in [1.82, 2.24) is 5.43 Å². The Morgan fingerprint density at radius 3 is 2.88 bits per heavy atom. The molecule has 16 heavy (non-hydrogen) atoms. The van der Waals surface area contributed by atoms with Crippen LogP contribution in [0.25, 0.3) is 0 Å². The molecule has 86 valence electrons. The second kappa shape index (κ2) is 7.75. The third-order valence-electron chi connectivity index (χ3n) is 2.15. The highest BCUT2D eigenvalue weighted by Gasteiger charge is 2.07. The van der Waals surface area contributed by atoms with Crippen molar-refractivity contribution in [2.24, 2.45) is 5.84 Å². The number of hydrogen-bond acceptors (Lipinski definition) is 3. The number of halogens is 1. The fourth-order valence-corrected chi connectivity index (χ4v) is 2.88. The standard InChI is InChI=1S/C12H15BrN2S/c1-2-3-6-10(15-14)9-16-12-8-5-4-7-11(12)13/h1,4-5,7-8,10,15H,3,6,9,14H2. The van der Waals surface area contributed by atoms with Gasteiger partial charge in [-0.3, -0.25) is 11.3 Å². The first kappa shape index (κ1) is 13.6. The van der Waals surface area contributed by atoms with Crippen LogP contribution in [-0.2, 0) is 0 Å². The fraction of sp³-hybridized carbons (Fsp3) is 0.333. The van der Waals surface area contributed by atoms with Crippen LogP contribution in [0.2, 0.25) is 0 Å². The van der Waals surface area contributed by atoms with Gasteiger partial charge in [-0.05, 0) is 34.5 Å². The van der Waals surface area contributed by atoms with Crippen LogP contribution in [0.5, 0.6) is 0 Å². The van der Waals surface area contributed by atoms with Gasteiger partial charge in [0.2, 0.25) is 0 Å². The molecule has 0 heterocycles. The lowest BCUT2D eigenvalue weighted by atomic mass is 10.2. The van der Waals surface area contributed by atoms with E-state index in [0.29, 0.717) is 0 Å². The van der Waals surface area contributed by atoms with Gasteiger partial charge in [0.15, 0.2) is 0 Å². The summed E-state index contributed by atoms with van der Waals surface area (Å²) in [4.78, 5) is 1.23. The van der Waals surface area contributed by atoms with Gasteiger partial charge in [-0.2, -0.15) is 0 Å². The molecule has 0 aliphatic heterocycles. The summed E-state index contributed by atoms with van der Waals surface area (Å²) < 4.78 is 1.12. The molecule has 0 fully saturated rings. The van der Waals surface area contributed by atoms with E-state index < -0.39 is 0 Å². The number of thioether (sulfide) groups is 1. The molecule has 0 saturated carbocycles. The number of benzene rings is 1. The maximum atomic E-state index is 5.47. The fourth-order valence-electron chi connectivity index (χ4n) is 1.22. The molecule has 0 bridgehead atoms. The summed E-state index contributed by atoms with van der Waals surface area (Å²) in [5, 5.41) is 0. The zero-order chi connectivity index (χ0) is 11.8. The normalized spacial score (nSPS) is 12.1. The molecule has 0 aromatic heterocycles. The minimum atomic E-state index is 0.258. The van der Waals surface area contributed by atoms with Crippen LogP contribution in [0.3, 0.4) is 0 Å². The van der Waals surface area contributed by atoms with Crippen LogP contribution >= 0.6 is 27.7 Å². The first-order valence-electron chi connectivity index (χ1n) is 5.05.